The molecule has 15 heavy (non-hydrogen) atoms. The molecule has 2 rings (SSSR count). The van der Waals surface area contributed by atoms with Crippen LogP contribution in [0, 0.1) is 5.92 Å². The molecule has 1 saturated heterocycles. The van der Waals surface area contributed by atoms with E-state index in [-0.39, 0.29) is 5.92 Å². The Morgan fingerprint density at radius 3 is 2.80 bits per heavy atom. The van der Waals surface area contributed by atoms with Gasteiger partial charge in [0.15, 0.2) is 0 Å². The lowest BCUT2D eigenvalue weighted by molar-refractivity contribution is 0.188. The molecule has 84 valence electrons. The lowest BCUT2D eigenvalue weighted by Crippen LogP contribution is -2.33. The van der Waals surface area contributed by atoms with E-state index in [1.54, 1.807) is 11.3 Å². The predicted octanol–water partition coefficient (Wildman–Crippen LogP) is 3.39. The van der Waals surface area contributed by atoms with Gasteiger partial charge in [0.25, 0.3) is 0 Å². The number of hydrogen-bond acceptors (Lipinski definition) is 2. The minimum Gasteiger partial charge on any atom is -0.317 e. The number of rotatable bonds is 3. The maximum absolute atomic E-state index is 13.9. The molecule has 1 aliphatic rings. The smallest absolute Gasteiger partial charge is 0.108 e. The molecule has 0 bridgehead atoms. The van der Waals surface area contributed by atoms with Crippen LogP contribution in [0.1, 0.15) is 17.7 Å². The van der Waals surface area contributed by atoms with E-state index in [4.69, 9.17) is 0 Å². The third-order valence-electron chi connectivity index (χ3n) is 2.92. The zero-order valence-corrected chi connectivity index (χ0v) is 10.9. The molecule has 1 nitrogen and oxygen atoms in total. The Kier molecular flexibility index (Phi) is 4.17. The van der Waals surface area contributed by atoms with Gasteiger partial charge < -0.3 is 5.32 Å². The van der Waals surface area contributed by atoms with Gasteiger partial charge in [0.1, 0.15) is 6.17 Å². The van der Waals surface area contributed by atoms with Crippen LogP contribution in [0.5, 0.6) is 0 Å². The van der Waals surface area contributed by atoms with Crippen molar-refractivity contribution < 1.29 is 4.39 Å². The zero-order valence-electron chi connectivity index (χ0n) is 8.51. The Hall–Kier alpha value is 0.0700. The van der Waals surface area contributed by atoms with Crippen LogP contribution in [-0.2, 0) is 6.42 Å². The van der Waals surface area contributed by atoms with E-state index in [0.29, 0.717) is 6.42 Å². The minimum atomic E-state index is -0.669. The highest BCUT2D eigenvalue weighted by Crippen LogP contribution is 2.27. The highest BCUT2D eigenvalue weighted by Gasteiger charge is 2.23. The molecule has 1 aliphatic heterocycles. The molecule has 4 heteroatoms. The van der Waals surface area contributed by atoms with Gasteiger partial charge in [-0.25, -0.2) is 4.39 Å². The van der Waals surface area contributed by atoms with Gasteiger partial charge in [0.05, 0.1) is 3.79 Å². The van der Waals surface area contributed by atoms with Gasteiger partial charge >= 0.3 is 0 Å². The summed E-state index contributed by atoms with van der Waals surface area (Å²) < 4.78 is 15.0. The first-order valence-electron chi connectivity index (χ1n) is 5.34. The molecule has 1 fully saturated rings. The second kappa shape index (κ2) is 5.41. The van der Waals surface area contributed by atoms with Crippen LogP contribution in [0.2, 0.25) is 0 Å². The van der Waals surface area contributed by atoms with E-state index in [1.807, 2.05) is 12.1 Å². The van der Waals surface area contributed by atoms with Crippen LogP contribution >= 0.6 is 27.3 Å². The van der Waals surface area contributed by atoms with Crippen molar-refractivity contribution in [3.8, 4) is 0 Å². The summed E-state index contributed by atoms with van der Waals surface area (Å²) in [4.78, 5) is 1.15. The highest BCUT2D eigenvalue weighted by molar-refractivity contribution is 9.11. The lowest BCUT2D eigenvalue weighted by Gasteiger charge is -2.25. The molecule has 0 aromatic carbocycles. The molecule has 1 aromatic rings. The molecule has 1 unspecified atom stereocenters. The van der Waals surface area contributed by atoms with Crippen molar-refractivity contribution >= 4 is 27.3 Å². The average Bonchev–Trinajstić information content (AvgIpc) is 2.65. The number of thiophene rings is 1. The topological polar surface area (TPSA) is 12.0 Å². The zero-order chi connectivity index (χ0) is 10.7. The Labute approximate surface area is 102 Å². The fourth-order valence-electron chi connectivity index (χ4n) is 2.03. The summed E-state index contributed by atoms with van der Waals surface area (Å²) in [6, 6.07) is 4.01. The highest BCUT2D eigenvalue weighted by atomic mass is 79.9. The largest absolute Gasteiger partial charge is 0.317 e. The molecule has 1 N–H and O–H groups in total. The molecule has 0 aliphatic carbocycles. The van der Waals surface area contributed by atoms with Crippen LogP contribution in [0.15, 0.2) is 15.9 Å². The maximum Gasteiger partial charge on any atom is 0.108 e. The molecule has 0 radical (unpaired) electrons. The van der Waals surface area contributed by atoms with E-state index < -0.39 is 6.17 Å². The van der Waals surface area contributed by atoms with Crippen LogP contribution < -0.4 is 5.32 Å². The van der Waals surface area contributed by atoms with Crippen LogP contribution in [0.3, 0.4) is 0 Å². The quantitative estimate of drug-likeness (QED) is 0.900. The summed E-state index contributed by atoms with van der Waals surface area (Å²) in [5, 5.41) is 3.27. The molecule has 1 atom stereocenters. The van der Waals surface area contributed by atoms with Crippen molar-refractivity contribution in [2.75, 3.05) is 13.1 Å². The number of piperidine rings is 1. The summed E-state index contributed by atoms with van der Waals surface area (Å²) in [6.45, 7) is 1.94. The molecule has 0 amide bonds. The van der Waals surface area contributed by atoms with E-state index in [1.165, 1.54) is 0 Å². The molecule has 2 heterocycles. The van der Waals surface area contributed by atoms with Gasteiger partial charge in [0, 0.05) is 11.3 Å². The predicted molar refractivity (Wildman–Crippen MR) is 66.2 cm³/mol. The SMILES string of the molecule is FC(Cc1ccc(Br)s1)C1CCNCC1. The van der Waals surface area contributed by atoms with Crippen LogP contribution in [0.25, 0.3) is 0 Å². The molecule has 0 spiro atoms. The maximum atomic E-state index is 13.9. The van der Waals surface area contributed by atoms with Crippen molar-refractivity contribution in [2.45, 2.75) is 25.4 Å². The first-order chi connectivity index (χ1) is 7.25. The minimum absolute atomic E-state index is 0.257. The summed E-state index contributed by atoms with van der Waals surface area (Å²) in [5.41, 5.74) is 0. The van der Waals surface area contributed by atoms with E-state index in [2.05, 4.69) is 21.2 Å². The lowest BCUT2D eigenvalue weighted by atomic mass is 9.91. The van der Waals surface area contributed by atoms with Crippen molar-refractivity contribution in [3.05, 3.63) is 20.8 Å². The van der Waals surface area contributed by atoms with Gasteiger partial charge in [-0.15, -0.1) is 11.3 Å². The third kappa shape index (κ3) is 3.26. The van der Waals surface area contributed by atoms with Gasteiger partial charge in [-0.1, -0.05) is 0 Å². The molecule has 1 aromatic heterocycles. The Balaban J connectivity index is 1.88. The average molecular weight is 292 g/mol. The standard InChI is InChI=1S/C11H15BrFNS/c12-11-2-1-9(15-11)7-10(13)8-3-5-14-6-4-8/h1-2,8,10,14H,3-7H2. The van der Waals surface area contributed by atoms with Crippen molar-refractivity contribution in [3.63, 3.8) is 0 Å². The summed E-state index contributed by atoms with van der Waals surface area (Å²) in [5.74, 6) is 0.257. The molecular weight excluding hydrogens is 277 g/mol. The van der Waals surface area contributed by atoms with E-state index in [9.17, 15) is 4.39 Å². The van der Waals surface area contributed by atoms with Gasteiger partial charge in [-0.05, 0) is 59.9 Å². The third-order valence-corrected chi connectivity index (χ3v) is 4.57. The van der Waals surface area contributed by atoms with Crippen LogP contribution in [0.4, 0.5) is 4.39 Å². The number of hydrogen-bond donors (Lipinski definition) is 1. The summed E-state index contributed by atoms with van der Waals surface area (Å²) in [7, 11) is 0. The Morgan fingerprint density at radius 1 is 1.47 bits per heavy atom. The monoisotopic (exact) mass is 291 g/mol. The molecule has 0 saturated carbocycles. The second-order valence-corrected chi connectivity index (χ2v) is 6.56. The number of nitrogens with one attached hydrogen (secondary N) is 1. The second-order valence-electron chi connectivity index (χ2n) is 4.01. The summed E-state index contributed by atoms with van der Waals surface area (Å²) in [6.07, 6.45) is 1.88. The number of alkyl halides is 1. The summed E-state index contributed by atoms with van der Waals surface area (Å²) >= 11 is 5.05. The fourth-order valence-corrected chi connectivity index (χ4v) is 3.55. The van der Waals surface area contributed by atoms with E-state index >= 15 is 0 Å². The van der Waals surface area contributed by atoms with Gasteiger partial charge in [-0.3, -0.25) is 0 Å². The van der Waals surface area contributed by atoms with Crippen molar-refractivity contribution in [1.82, 2.24) is 5.32 Å². The number of halogens is 2. The van der Waals surface area contributed by atoms with Crippen molar-refractivity contribution in [1.29, 1.82) is 0 Å². The fraction of sp³-hybridized carbons (Fsp3) is 0.636. The Morgan fingerprint density at radius 2 is 2.20 bits per heavy atom. The van der Waals surface area contributed by atoms with Crippen LogP contribution in [-0.4, -0.2) is 19.3 Å². The first-order valence-corrected chi connectivity index (χ1v) is 6.95. The van der Waals surface area contributed by atoms with Gasteiger partial charge in [-0.2, -0.15) is 0 Å². The Bertz CT molecular complexity index is 309. The first kappa shape index (κ1) is 11.6. The van der Waals surface area contributed by atoms with Gasteiger partial charge in [0.2, 0.25) is 0 Å². The normalized spacial score (nSPS) is 20.4. The molecular formula is C11H15BrFNS. The van der Waals surface area contributed by atoms with Crippen molar-refractivity contribution in [2.24, 2.45) is 5.92 Å². The van der Waals surface area contributed by atoms with E-state index in [0.717, 1.165) is 34.6 Å².